The second-order valence-electron chi connectivity index (χ2n) is 8.67. The molecule has 0 saturated heterocycles. The molecule has 3 aromatic rings. The molecule has 0 spiro atoms. The molecule has 11 nitrogen and oxygen atoms in total. The van der Waals surface area contributed by atoms with Crippen molar-refractivity contribution in [1.29, 1.82) is 0 Å². The van der Waals surface area contributed by atoms with Gasteiger partial charge in [0.1, 0.15) is 17.5 Å². The summed E-state index contributed by atoms with van der Waals surface area (Å²) in [4.78, 5) is 34.7. The summed E-state index contributed by atoms with van der Waals surface area (Å²) >= 11 is 0. The van der Waals surface area contributed by atoms with Crippen LogP contribution < -0.4 is 4.90 Å². The first-order valence-electron chi connectivity index (χ1n) is 9.31. The SMILES string of the molecule is Cn1cnc(-c2ccc3nc(N(C(=O)OC(C)(C)C)C(=O)OC(C)(C)C)nn3c2)n1. The molecule has 0 aliphatic rings. The van der Waals surface area contributed by atoms with Crippen molar-refractivity contribution in [2.45, 2.75) is 52.7 Å². The summed E-state index contributed by atoms with van der Waals surface area (Å²) in [6.07, 6.45) is 1.38. The molecule has 3 rings (SSSR count). The molecule has 0 atom stereocenters. The van der Waals surface area contributed by atoms with Gasteiger partial charge in [-0.25, -0.2) is 19.1 Å². The molecule has 0 aliphatic heterocycles. The number of imide groups is 1. The Kier molecular flexibility index (Phi) is 5.23. The molecule has 0 N–H and O–H groups in total. The van der Waals surface area contributed by atoms with Gasteiger partial charge in [0.25, 0.3) is 5.95 Å². The molecule has 3 aromatic heterocycles. The lowest BCUT2D eigenvalue weighted by atomic mass is 10.2. The summed E-state index contributed by atoms with van der Waals surface area (Å²) in [5.74, 6) is 0.345. The summed E-state index contributed by atoms with van der Waals surface area (Å²) in [7, 11) is 1.77. The summed E-state index contributed by atoms with van der Waals surface area (Å²) in [6, 6.07) is 3.46. The third-order valence-electron chi connectivity index (χ3n) is 3.53. The van der Waals surface area contributed by atoms with Crippen molar-refractivity contribution >= 4 is 23.8 Å². The average molecular weight is 415 g/mol. The van der Waals surface area contributed by atoms with Crippen LogP contribution in [0.15, 0.2) is 24.7 Å². The fourth-order valence-electron chi connectivity index (χ4n) is 2.42. The fraction of sp³-hybridized carbons (Fsp3) is 0.474. The van der Waals surface area contributed by atoms with Crippen LogP contribution in [0, 0.1) is 0 Å². The Labute approximate surface area is 173 Å². The van der Waals surface area contributed by atoms with Gasteiger partial charge in [0, 0.05) is 18.8 Å². The number of hydrogen-bond donors (Lipinski definition) is 0. The maximum Gasteiger partial charge on any atom is 0.427 e. The van der Waals surface area contributed by atoms with E-state index in [1.807, 2.05) is 0 Å². The number of aromatic nitrogens is 6. The van der Waals surface area contributed by atoms with Gasteiger partial charge < -0.3 is 9.47 Å². The van der Waals surface area contributed by atoms with Crippen LogP contribution in [0.2, 0.25) is 0 Å². The van der Waals surface area contributed by atoms with Gasteiger partial charge in [-0.15, -0.1) is 10.00 Å². The molecule has 0 unspecified atom stereocenters. The average Bonchev–Trinajstić information content (AvgIpc) is 3.16. The summed E-state index contributed by atoms with van der Waals surface area (Å²) in [5.41, 5.74) is -0.537. The second kappa shape index (κ2) is 7.39. The second-order valence-corrected chi connectivity index (χ2v) is 8.67. The smallest absolute Gasteiger partial charge is 0.427 e. The number of hydrogen-bond acceptors (Lipinski definition) is 8. The third kappa shape index (κ3) is 4.91. The number of amides is 2. The molecule has 2 amide bonds. The maximum atomic E-state index is 12.7. The Morgan fingerprint density at radius 2 is 1.57 bits per heavy atom. The van der Waals surface area contributed by atoms with Gasteiger partial charge >= 0.3 is 12.2 Å². The minimum Gasteiger partial charge on any atom is -0.443 e. The monoisotopic (exact) mass is 415 g/mol. The molecule has 0 aliphatic carbocycles. The van der Waals surface area contributed by atoms with E-state index in [9.17, 15) is 9.59 Å². The minimum absolute atomic E-state index is 0.162. The number of fused-ring (bicyclic) bond motifs is 1. The number of ether oxygens (including phenoxy) is 2. The standard InChI is InChI=1S/C19H25N7O4/c1-18(2,3)29-16(27)26(17(28)30-19(4,5)6)15-21-13-9-8-12(10-25(13)23-15)14-20-11-24(7)22-14/h8-11H,1-7H3. The van der Waals surface area contributed by atoms with Gasteiger partial charge in [0.05, 0.1) is 0 Å². The van der Waals surface area contributed by atoms with E-state index in [4.69, 9.17) is 9.47 Å². The first-order chi connectivity index (χ1) is 13.8. The molecule has 0 aromatic carbocycles. The van der Waals surface area contributed by atoms with Gasteiger partial charge in [0.15, 0.2) is 11.5 Å². The van der Waals surface area contributed by atoms with E-state index >= 15 is 0 Å². The Bertz CT molecular complexity index is 1060. The maximum absolute atomic E-state index is 12.7. The van der Waals surface area contributed by atoms with Gasteiger partial charge in [-0.2, -0.15) is 10.1 Å². The van der Waals surface area contributed by atoms with E-state index in [2.05, 4.69) is 20.2 Å². The Hall–Kier alpha value is -3.50. The van der Waals surface area contributed by atoms with Crippen LogP contribution in [0.4, 0.5) is 15.5 Å². The summed E-state index contributed by atoms with van der Waals surface area (Å²) in [6.45, 7) is 10.2. The van der Waals surface area contributed by atoms with E-state index < -0.39 is 23.4 Å². The topological polar surface area (TPSA) is 117 Å². The Morgan fingerprint density at radius 1 is 0.967 bits per heavy atom. The van der Waals surface area contributed by atoms with Gasteiger partial charge in [0.2, 0.25) is 0 Å². The highest BCUT2D eigenvalue weighted by molar-refractivity contribution is 6.08. The van der Waals surface area contributed by atoms with Crippen molar-refractivity contribution in [1.82, 2.24) is 29.4 Å². The van der Waals surface area contributed by atoms with Crippen LogP contribution in [-0.2, 0) is 16.5 Å². The fourth-order valence-corrected chi connectivity index (χ4v) is 2.42. The number of pyridine rings is 1. The van der Waals surface area contributed by atoms with E-state index in [-0.39, 0.29) is 5.95 Å². The first-order valence-corrected chi connectivity index (χ1v) is 9.31. The lowest BCUT2D eigenvalue weighted by Crippen LogP contribution is -2.44. The van der Waals surface area contributed by atoms with Crippen molar-refractivity contribution in [3.8, 4) is 11.4 Å². The lowest BCUT2D eigenvalue weighted by Gasteiger charge is -2.26. The molecule has 30 heavy (non-hydrogen) atoms. The first kappa shape index (κ1) is 21.2. The largest absolute Gasteiger partial charge is 0.443 e. The number of carbonyl (C=O) groups excluding carboxylic acids is 2. The van der Waals surface area contributed by atoms with Crippen molar-refractivity contribution in [2.24, 2.45) is 7.05 Å². The van der Waals surface area contributed by atoms with E-state index in [0.29, 0.717) is 21.9 Å². The molecule has 3 heterocycles. The highest BCUT2D eigenvalue weighted by atomic mass is 16.6. The zero-order chi connectivity index (χ0) is 22.3. The van der Waals surface area contributed by atoms with E-state index in [0.717, 1.165) is 0 Å². The predicted molar refractivity (Wildman–Crippen MR) is 108 cm³/mol. The molecule has 0 saturated carbocycles. The van der Waals surface area contributed by atoms with Crippen LogP contribution in [0.3, 0.4) is 0 Å². The van der Waals surface area contributed by atoms with Crippen LogP contribution in [-0.4, -0.2) is 52.8 Å². The number of carbonyl (C=O) groups is 2. The number of aryl methyl sites for hydroxylation is 1. The molecule has 0 radical (unpaired) electrons. The molecule has 0 bridgehead atoms. The highest BCUT2D eigenvalue weighted by Crippen LogP contribution is 2.21. The third-order valence-corrected chi connectivity index (χ3v) is 3.53. The number of rotatable bonds is 2. The van der Waals surface area contributed by atoms with Crippen molar-refractivity contribution < 1.29 is 19.1 Å². The number of anilines is 1. The van der Waals surface area contributed by atoms with Crippen molar-refractivity contribution in [3.63, 3.8) is 0 Å². The predicted octanol–water partition coefficient (Wildman–Crippen LogP) is 3.20. The van der Waals surface area contributed by atoms with Crippen molar-refractivity contribution in [3.05, 3.63) is 24.7 Å². The normalized spacial score (nSPS) is 12.1. The summed E-state index contributed by atoms with van der Waals surface area (Å²) in [5, 5.41) is 8.53. The van der Waals surface area contributed by atoms with Crippen LogP contribution >= 0.6 is 0 Å². The lowest BCUT2D eigenvalue weighted by molar-refractivity contribution is 0.0427. The molecule has 160 valence electrons. The minimum atomic E-state index is -0.931. The molecular weight excluding hydrogens is 390 g/mol. The van der Waals surface area contributed by atoms with Crippen LogP contribution in [0.1, 0.15) is 41.5 Å². The van der Waals surface area contributed by atoms with Gasteiger partial charge in [-0.1, -0.05) is 0 Å². The highest BCUT2D eigenvalue weighted by Gasteiger charge is 2.35. The Balaban J connectivity index is 2.01. The van der Waals surface area contributed by atoms with Crippen LogP contribution in [0.25, 0.3) is 17.0 Å². The molecule has 0 fully saturated rings. The Morgan fingerprint density at radius 3 is 2.07 bits per heavy atom. The van der Waals surface area contributed by atoms with E-state index in [1.54, 1.807) is 77.9 Å². The summed E-state index contributed by atoms with van der Waals surface area (Å²) < 4.78 is 13.7. The quantitative estimate of drug-likeness (QED) is 0.626. The zero-order valence-electron chi connectivity index (χ0n) is 18.1. The van der Waals surface area contributed by atoms with Crippen LogP contribution in [0.5, 0.6) is 0 Å². The van der Waals surface area contributed by atoms with Crippen molar-refractivity contribution in [2.75, 3.05) is 4.90 Å². The molecule has 11 heteroatoms. The zero-order valence-corrected chi connectivity index (χ0v) is 18.1. The van der Waals surface area contributed by atoms with E-state index in [1.165, 1.54) is 4.52 Å². The number of nitrogens with zero attached hydrogens (tertiary/aromatic N) is 7. The molecular formula is C19H25N7O4. The van der Waals surface area contributed by atoms with Gasteiger partial charge in [-0.3, -0.25) is 4.68 Å². The van der Waals surface area contributed by atoms with Gasteiger partial charge in [-0.05, 0) is 53.7 Å².